The van der Waals surface area contributed by atoms with E-state index in [0.717, 1.165) is 11.1 Å². The summed E-state index contributed by atoms with van der Waals surface area (Å²) in [6.07, 6.45) is 0. The van der Waals surface area contributed by atoms with Crippen LogP contribution in [0.25, 0.3) is 22.6 Å². The lowest BCUT2D eigenvalue weighted by Crippen LogP contribution is -2.14. The second-order valence-corrected chi connectivity index (χ2v) is 4.69. The number of hydrogen-bond donors (Lipinski definition) is 0. The van der Waals surface area contributed by atoms with E-state index in [1.165, 1.54) is 0 Å². The van der Waals surface area contributed by atoms with Crippen LogP contribution in [0.2, 0.25) is 5.15 Å². The van der Waals surface area contributed by atoms with Crippen LogP contribution in [0.5, 0.6) is 0 Å². The van der Waals surface area contributed by atoms with Gasteiger partial charge < -0.3 is 0 Å². The van der Waals surface area contributed by atoms with Crippen LogP contribution in [0.3, 0.4) is 0 Å². The van der Waals surface area contributed by atoms with Crippen LogP contribution in [0, 0.1) is 0 Å². The molecule has 2 radical (unpaired) electrons. The largest absolute Gasteiger partial charge is 0.229 e. The van der Waals surface area contributed by atoms with E-state index in [9.17, 15) is 0 Å². The van der Waals surface area contributed by atoms with Crippen molar-refractivity contribution in [3.05, 3.63) is 65.8 Å². The Labute approximate surface area is 123 Å². The van der Waals surface area contributed by atoms with E-state index in [1.54, 1.807) is 0 Å². The first kappa shape index (κ1) is 12.9. The fraction of sp³-hybridized carbons (Fsp3) is 0. The molecular formula is C16H10BClN2. The predicted molar refractivity (Wildman–Crippen MR) is 83.3 cm³/mol. The lowest BCUT2D eigenvalue weighted by Gasteiger charge is -2.10. The molecule has 0 aliphatic rings. The van der Waals surface area contributed by atoms with Gasteiger partial charge in [-0.25, -0.2) is 9.97 Å². The van der Waals surface area contributed by atoms with E-state index >= 15 is 0 Å². The first-order valence-electron chi connectivity index (χ1n) is 6.19. The Hall–Kier alpha value is -2.13. The molecule has 0 spiro atoms. The molecule has 0 aliphatic carbocycles. The quantitative estimate of drug-likeness (QED) is 0.530. The summed E-state index contributed by atoms with van der Waals surface area (Å²) in [4.78, 5) is 8.81. The van der Waals surface area contributed by atoms with E-state index < -0.39 is 0 Å². The minimum absolute atomic E-state index is 0.276. The molecule has 0 fully saturated rings. The monoisotopic (exact) mass is 276 g/mol. The molecule has 3 aromatic rings. The number of benzene rings is 2. The molecule has 0 saturated carbocycles. The topological polar surface area (TPSA) is 25.8 Å². The molecule has 0 aliphatic heterocycles. The van der Waals surface area contributed by atoms with Gasteiger partial charge in [-0.3, -0.25) is 0 Å². The second-order valence-electron chi connectivity index (χ2n) is 4.33. The normalized spacial score (nSPS) is 10.4. The zero-order valence-corrected chi connectivity index (χ0v) is 11.4. The number of rotatable bonds is 2. The molecule has 3 rings (SSSR count). The van der Waals surface area contributed by atoms with E-state index in [4.69, 9.17) is 19.4 Å². The van der Waals surface area contributed by atoms with Crippen LogP contribution in [-0.2, 0) is 0 Å². The molecule has 2 aromatic carbocycles. The van der Waals surface area contributed by atoms with Crippen molar-refractivity contribution in [1.29, 1.82) is 0 Å². The first-order chi connectivity index (χ1) is 9.75. The maximum atomic E-state index is 6.14. The molecule has 1 heterocycles. The molecule has 2 nitrogen and oxygen atoms in total. The average Bonchev–Trinajstić information content (AvgIpc) is 2.51. The van der Waals surface area contributed by atoms with Crippen molar-refractivity contribution in [3.8, 4) is 22.6 Å². The molecule has 0 N–H and O–H groups in total. The van der Waals surface area contributed by atoms with Crippen LogP contribution < -0.4 is 5.46 Å². The first-order valence-corrected chi connectivity index (χ1v) is 6.57. The van der Waals surface area contributed by atoms with Crippen LogP contribution in [0.1, 0.15) is 0 Å². The second kappa shape index (κ2) is 5.47. The third-order valence-corrected chi connectivity index (χ3v) is 3.27. The average molecular weight is 277 g/mol. The van der Waals surface area contributed by atoms with E-state index in [-0.39, 0.29) is 5.15 Å². The molecule has 0 unspecified atom stereocenters. The van der Waals surface area contributed by atoms with Crippen molar-refractivity contribution >= 4 is 24.9 Å². The summed E-state index contributed by atoms with van der Waals surface area (Å²) < 4.78 is 0. The van der Waals surface area contributed by atoms with Crippen molar-refractivity contribution in [2.45, 2.75) is 0 Å². The van der Waals surface area contributed by atoms with Gasteiger partial charge in [0.2, 0.25) is 0 Å². The number of aromatic nitrogens is 2. The Morgan fingerprint density at radius 1 is 0.750 bits per heavy atom. The summed E-state index contributed by atoms with van der Waals surface area (Å²) in [5.74, 6) is 0.573. The maximum Gasteiger partial charge on any atom is 0.161 e. The fourth-order valence-corrected chi connectivity index (χ4v) is 2.14. The summed E-state index contributed by atoms with van der Waals surface area (Å²) >= 11 is 6.14. The van der Waals surface area contributed by atoms with Crippen LogP contribution in [0.15, 0.2) is 60.7 Å². The smallest absolute Gasteiger partial charge is 0.161 e. The molecule has 0 bridgehead atoms. The highest BCUT2D eigenvalue weighted by Crippen LogP contribution is 2.21. The van der Waals surface area contributed by atoms with Crippen molar-refractivity contribution in [2.24, 2.45) is 0 Å². The minimum atomic E-state index is 0.276. The van der Waals surface area contributed by atoms with E-state index in [1.807, 2.05) is 60.7 Å². The summed E-state index contributed by atoms with van der Waals surface area (Å²) in [6, 6.07) is 19.4. The SMILES string of the molecule is [B]c1c(Cl)nc(-c2ccccc2)nc1-c1ccccc1. The Morgan fingerprint density at radius 3 is 1.90 bits per heavy atom. The molecular weight excluding hydrogens is 266 g/mol. The number of nitrogens with zero attached hydrogens (tertiary/aromatic N) is 2. The third kappa shape index (κ3) is 2.45. The summed E-state index contributed by atoms with van der Waals surface area (Å²) in [7, 11) is 6.00. The molecule has 1 aromatic heterocycles. The van der Waals surface area contributed by atoms with Gasteiger partial charge in [-0.1, -0.05) is 72.3 Å². The van der Waals surface area contributed by atoms with Gasteiger partial charge >= 0.3 is 0 Å². The van der Waals surface area contributed by atoms with E-state index in [0.29, 0.717) is 17.0 Å². The lowest BCUT2D eigenvalue weighted by atomic mass is 9.92. The summed E-state index contributed by atoms with van der Waals surface area (Å²) in [5, 5.41) is 0.276. The standard InChI is InChI=1S/C16H10BClN2/c17-13-14(11-7-3-1-4-8-11)19-16(20-15(13)18)12-9-5-2-6-10-12/h1-10H. The highest BCUT2D eigenvalue weighted by molar-refractivity contribution is 6.46. The Kier molecular flexibility index (Phi) is 3.53. The zero-order chi connectivity index (χ0) is 13.9. The van der Waals surface area contributed by atoms with E-state index in [2.05, 4.69) is 9.97 Å². The maximum absolute atomic E-state index is 6.14. The molecule has 0 amide bonds. The minimum Gasteiger partial charge on any atom is -0.229 e. The van der Waals surface area contributed by atoms with Gasteiger partial charge in [0.15, 0.2) is 5.82 Å². The highest BCUT2D eigenvalue weighted by atomic mass is 35.5. The van der Waals surface area contributed by atoms with Crippen molar-refractivity contribution in [1.82, 2.24) is 9.97 Å². The summed E-state index contributed by atoms with van der Waals surface area (Å²) in [5.41, 5.74) is 2.89. The van der Waals surface area contributed by atoms with Crippen LogP contribution in [0.4, 0.5) is 0 Å². The Bertz CT molecular complexity index is 730. The zero-order valence-electron chi connectivity index (χ0n) is 10.6. The van der Waals surface area contributed by atoms with Gasteiger partial charge in [0.1, 0.15) is 13.0 Å². The number of hydrogen-bond acceptors (Lipinski definition) is 2. The molecule has 4 heteroatoms. The molecule has 0 saturated heterocycles. The fourth-order valence-electron chi connectivity index (χ4n) is 1.97. The lowest BCUT2D eigenvalue weighted by molar-refractivity contribution is 1.20. The Morgan fingerprint density at radius 2 is 1.30 bits per heavy atom. The van der Waals surface area contributed by atoms with Gasteiger partial charge in [0, 0.05) is 5.56 Å². The van der Waals surface area contributed by atoms with Gasteiger partial charge in [-0.05, 0) is 11.0 Å². The van der Waals surface area contributed by atoms with Gasteiger partial charge in [-0.2, -0.15) is 0 Å². The van der Waals surface area contributed by atoms with Crippen LogP contribution >= 0.6 is 11.6 Å². The van der Waals surface area contributed by atoms with Crippen molar-refractivity contribution < 1.29 is 0 Å². The van der Waals surface area contributed by atoms with Crippen LogP contribution in [-0.4, -0.2) is 17.8 Å². The number of halogens is 1. The van der Waals surface area contributed by atoms with Gasteiger partial charge in [0.25, 0.3) is 0 Å². The third-order valence-electron chi connectivity index (χ3n) is 2.98. The van der Waals surface area contributed by atoms with Gasteiger partial charge in [-0.15, -0.1) is 0 Å². The summed E-state index contributed by atoms with van der Waals surface area (Å²) in [6.45, 7) is 0. The molecule has 20 heavy (non-hydrogen) atoms. The predicted octanol–water partition coefficient (Wildman–Crippen LogP) is 3.26. The molecule has 94 valence electrons. The highest BCUT2D eigenvalue weighted by Gasteiger charge is 2.11. The van der Waals surface area contributed by atoms with Crippen molar-refractivity contribution in [2.75, 3.05) is 0 Å². The van der Waals surface area contributed by atoms with Crippen molar-refractivity contribution in [3.63, 3.8) is 0 Å². The molecule has 0 atom stereocenters. The van der Waals surface area contributed by atoms with Gasteiger partial charge in [0.05, 0.1) is 5.69 Å². The Balaban J connectivity index is 2.19.